The summed E-state index contributed by atoms with van der Waals surface area (Å²) >= 11 is 6.48. The zero-order chi connectivity index (χ0) is 29.9. The van der Waals surface area contributed by atoms with Crippen molar-refractivity contribution in [1.82, 2.24) is 0 Å². The molecule has 6 heteroatoms. The van der Waals surface area contributed by atoms with Gasteiger partial charge in [-0.2, -0.15) is 0 Å². The first-order valence-electron chi connectivity index (χ1n) is 15.4. The molecule has 0 radical (unpaired) electrons. The van der Waals surface area contributed by atoms with E-state index in [1.165, 1.54) is 17.7 Å². The molecule has 1 spiro atoms. The second-order valence-electron chi connectivity index (χ2n) is 12.2. The number of rotatable bonds is 8. The number of esters is 1. The molecule has 0 aromatic heterocycles. The van der Waals surface area contributed by atoms with E-state index in [2.05, 4.69) is 12.1 Å². The number of aryl methyl sites for hydroxylation is 1. The molecule has 224 valence electrons. The van der Waals surface area contributed by atoms with Gasteiger partial charge in [0.1, 0.15) is 17.2 Å². The standard InChI is InChI=1S/C36H42ClFO4/c1-4-29-31-16-13-27(38)22-32(31)36(42-35(29)40)19-17-24(18-20-36)7-5-6-8-30(26-10-9-23(2)33(37)21-26)34(39)25-11-14-28(41-3)15-12-25/h4,7,9-10,13,16,21-22,25,28,30H,5-6,8,11-12,14-15,17-20H2,1-3H3/b24-7?,29-4+. The van der Waals surface area contributed by atoms with Crippen LogP contribution in [0.2, 0.25) is 5.02 Å². The number of hydrogen-bond acceptors (Lipinski definition) is 4. The van der Waals surface area contributed by atoms with Crippen molar-refractivity contribution in [3.8, 4) is 0 Å². The van der Waals surface area contributed by atoms with Crippen LogP contribution >= 0.6 is 11.6 Å². The van der Waals surface area contributed by atoms with Crippen LogP contribution in [0.3, 0.4) is 0 Å². The highest BCUT2D eigenvalue weighted by Gasteiger charge is 2.45. The molecule has 0 bridgehead atoms. The van der Waals surface area contributed by atoms with Crippen molar-refractivity contribution in [3.05, 3.63) is 87.2 Å². The Morgan fingerprint density at radius 1 is 1.14 bits per heavy atom. The summed E-state index contributed by atoms with van der Waals surface area (Å²) in [6, 6.07) is 10.7. The van der Waals surface area contributed by atoms with Crippen molar-refractivity contribution in [2.45, 2.75) is 102 Å². The fourth-order valence-electron chi connectivity index (χ4n) is 7.14. The number of Topliss-reactive ketones (excluding diaryl/α,β-unsaturated/α-hetero) is 1. The Hall–Kier alpha value is -2.76. The summed E-state index contributed by atoms with van der Waals surface area (Å²) in [4.78, 5) is 26.6. The summed E-state index contributed by atoms with van der Waals surface area (Å²) in [6.07, 6.45) is 13.4. The number of carbonyl (C=O) groups is 2. The van der Waals surface area contributed by atoms with Crippen molar-refractivity contribution in [2.75, 3.05) is 7.11 Å². The molecule has 2 saturated carbocycles. The number of benzene rings is 2. The minimum absolute atomic E-state index is 0.0726. The van der Waals surface area contributed by atoms with Crippen LogP contribution in [0.4, 0.5) is 4.39 Å². The van der Waals surface area contributed by atoms with Gasteiger partial charge >= 0.3 is 5.97 Å². The smallest absolute Gasteiger partial charge is 0.339 e. The van der Waals surface area contributed by atoms with E-state index in [9.17, 15) is 14.0 Å². The molecular formula is C36H42ClFO4. The van der Waals surface area contributed by atoms with Gasteiger partial charge in [-0.3, -0.25) is 4.79 Å². The number of hydrogen-bond donors (Lipinski definition) is 0. The summed E-state index contributed by atoms with van der Waals surface area (Å²) in [6.45, 7) is 3.79. The lowest BCUT2D eigenvalue weighted by molar-refractivity contribution is -0.158. The largest absolute Gasteiger partial charge is 0.451 e. The molecule has 2 fully saturated rings. The Balaban J connectivity index is 1.24. The number of methoxy groups -OCH3 is 1. The van der Waals surface area contributed by atoms with Crippen LogP contribution in [0.1, 0.15) is 106 Å². The van der Waals surface area contributed by atoms with Gasteiger partial charge < -0.3 is 9.47 Å². The molecule has 2 aromatic rings. The summed E-state index contributed by atoms with van der Waals surface area (Å²) in [7, 11) is 1.75. The molecule has 5 rings (SSSR count). The number of allylic oxidation sites excluding steroid dienone is 3. The van der Waals surface area contributed by atoms with Crippen molar-refractivity contribution < 1.29 is 23.5 Å². The van der Waals surface area contributed by atoms with Crippen LogP contribution in [-0.4, -0.2) is 25.0 Å². The average molecular weight is 593 g/mol. The fourth-order valence-corrected chi connectivity index (χ4v) is 7.33. The van der Waals surface area contributed by atoms with E-state index in [0.29, 0.717) is 29.2 Å². The van der Waals surface area contributed by atoms with Gasteiger partial charge in [0.15, 0.2) is 0 Å². The third-order valence-electron chi connectivity index (χ3n) is 9.74. The SMILES string of the molecule is C/C=C1/C(=O)OC2(CCC(=CCCCC(C(=O)C3CCC(OC)CC3)c3ccc(C)c(Cl)c3)CC2)c2cc(F)ccc21. The van der Waals surface area contributed by atoms with Crippen LogP contribution in [0, 0.1) is 18.7 Å². The number of fused-ring (bicyclic) bond motifs is 2. The molecule has 1 aliphatic heterocycles. The highest BCUT2D eigenvalue weighted by Crippen LogP contribution is 2.49. The van der Waals surface area contributed by atoms with Gasteiger partial charge in [0, 0.05) is 29.5 Å². The molecule has 0 saturated heterocycles. The number of ether oxygens (including phenoxy) is 2. The van der Waals surface area contributed by atoms with Crippen molar-refractivity contribution in [2.24, 2.45) is 5.92 Å². The van der Waals surface area contributed by atoms with Gasteiger partial charge in [-0.15, -0.1) is 0 Å². The van der Waals surface area contributed by atoms with Crippen LogP contribution < -0.4 is 0 Å². The van der Waals surface area contributed by atoms with Gasteiger partial charge in [-0.25, -0.2) is 9.18 Å². The first kappa shape index (κ1) is 30.7. The van der Waals surface area contributed by atoms with E-state index in [1.54, 1.807) is 26.2 Å². The molecular weight excluding hydrogens is 551 g/mol. The maximum absolute atomic E-state index is 14.3. The Morgan fingerprint density at radius 2 is 1.88 bits per heavy atom. The maximum Gasteiger partial charge on any atom is 0.339 e. The predicted octanol–water partition coefficient (Wildman–Crippen LogP) is 9.17. The minimum Gasteiger partial charge on any atom is -0.451 e. The monoisotopic (exact) mass is 592 g/mol. The fraction of sp³-hybridized carbons (Fsp3) is 0.500. The van der Waals surface area contributed by atoms with Crippen molar-refractivity contribution >= 4 is 28.9 Å². The van der Waals surface area contributed by atoms with Crippen LogP contribution in [0.25, 0.3) is 5.57 Å². The van der Waals surface area contributed by atoms with Gasteiger partial charge in [0.05, 0.1) is 11.7 Å². The predicted molar refractivity (Wildman–Crippen MR) is 165 cm³/mol. The molecule has 0 N–H and O–H groups in total. The lowest BCUT2D eigenvalue weighted by Gasteiger charge is -2.42. The molecule has 42 heavy (non-hydrogen) atoms. The highest BCUT2D eigenvalue weighted by atomic mass is 35.5. The Morgan fingerprint density at radius 3 is 2.55 bits per heavy atom. The molecule has 4 nitrogen and oxygen atoms in total. The zero-order valence-electron chi connectivity index (χ0n) is 25.0. The number of carbonyl (C=O) groups excluding carboxylic acids is 2. The summed E-state index contributed by atoms with van der Waals surface area (Å²) in [5, 5.41) is 0.707. The molecule has 1 atom stereocenters. The van der Waals surface area contributed by atoms with Crippen LogP contribution in [-0.2, 0) is 24.7 Å². The number of halogens is 2. The third kappa shape index (κ3) is 6.43. The van der Waals surface area contributed by atoms with E-state index in [-0.39, 0.29) is 29.7 Å². The Labute approximate surface area is 254 Å². The second kappa shape index (κ2) is 13.3. The molecule has 1 heterocycles. The molecule has 1 unspecified atom stereocenters. The number of unbranched alkanes of at least 4 members (excludes halogenated alkanes) is 1. The third-order valence-corrected chi connectivity index (χ3v) is 10.1. The van der Waals surface area contributed by atoms with Crippen LogP contribution in [0.15, 0.2) is 54.1 Å². The topological polar surface area (TPSA) is 52.6 Å². The average Bonchev–Trinajstić information content (AvgIpc) is 3.00. The summed E-state index contributed by atoms with van der Waals surface area (Å²) < 4.78 is 25.8. The highest BCUT2D eigenvalue weighted by molar-refractivity contribution is 6.31. The summed E-state index contributed by atoms with van der Waals surface area (Å²) in [5.74, 6) is -0.389. The second-order valence-corrected chi connectivity index (χ2v) is 12.6. The minimum atomic E-state index is -0.775. The normalized spacial score (nSPS) is 25.7. The van der Waals surface area contributed by atoms with Gasteiger partial charge in [-0.05, 0) is 119 Å². The number of ketones is 1. The first-order chi connectivity index (χ1) is 20.2. The maximum atomic E-state index is 14.3. The van der Waals surface area contributed by atoms with Gasteiger partial charge in [0.25, 0.3) is 0 Å². The van der Waals surface area contributed by atoms with E-state index >= 15 is 0 Å². The van der Waals surface area contributed by atoms with E-state index in [4.69, 9.17) is 21.1 Å². The lowest BCUT2D eigenvalue weighted by atomic mass is 9.73. The van der Waals surface area contributed by atoms with Gasteiger partial charge in [-0.1, -0.05) is 47.5 Å². The molecule has 3 aliphatic rings. The van der Waals surface area contributed by atoms with Gasteiger partial charge in [0.2, 0.25) is 0 Å². The lowest BCUT2D eigenvalue weighted by Crippen LogP contribution is -2.40. The molecule has 2 aromatic carbocycles. The van der Waals surface area contributed by atoms with E-state index in [1.807, 2.05) is 19.1 Å². The Bertz CT molecular complexity index is 1370. The van der Waals surface area contributed by atoms with Crippen molar-refractivity contribution in [1.29, 1.82) is 0 Å². The molecule has 2 aliphatic carbocycles. The summed E-state index contributed by atoms with van der Waals surface area (Å²) in [5.41, 5.74) is 4.66. The first-order valence-corrected chi connectivity index (χ1v) is 15.8. The Kier molecular flexibility index (Phi) is 9.69. The quantitative estimate of drug-likeness (QED) is 0.133. The molecule has 0 amide bonds. The van der Waals surface area contributed by atoms with E-state index in [0.717, 1.165) is 80.0 Å². The zero-order valence-corrected chi connectivity index (χ0v) is 25.8. The van der Waals surface area contributed by atoms with Crippen molar-refractivity contribution in [3.63, 3.8) is 0 Å². The van der Waals surface area contributed by atoms with Crippen LogP contribution in [0.5, 0.6) is 0 Å². The van der Waals surface area contributed by atoms with E-state index < -0.39 is 5.60 Å².